The van der Waals surface area contributed by atoms with Crippen LogP contribution in [-0.2, 0) is 6.42 Å². The molecule has 0 fully saturated rings. The van der Waals surface area contributed by atoms with Gasteiger partial charge in [0.1, 0.15) is 0 Å². The van der Waals surface area contributed by atoms with Gasteiger partial charge in [0.2, 0.25) is 0 Å². The van der Waals surface area contributed by atoms with Crippen molar-refractivity contribution in [2.24, 2.45) is 5.84 Å². The first kappa shape index (κ1) is 12.2. The van der Waals surface area contributed by atoms with Crippen molar-refractivity contribution in [1.82, 2.24) is 10.4 Å². The van der Waals surface area contributed by atoms with Crippen LogP contribution < -0.4 is 11.3 Å². The normalized spacial score (nSPS) is 12.4. The molecule has 1 aromatic heterocycles. The maximum atomic E-state index is 5.63. The van der Waals surface area contributed by atoms with Crippen LogP contribution in [0.25, 0.3) is 0 Å². The van der Waals surface area contributed by atoms with E-state index in [4.69, 9.17) is 5.84 Å². The fourth-order valence-corrected chi connectivity index (χ4v) is 2.33. The summed E-state index contributed by atoms with van der Waals surface area (Å²) in [7, 11) is 0. The third-order valence-electron chi connectivity index (χ3n) is 2.64. The Balaban J connectivity index is 2.21. The second-order valence-corrected chi connectivity index (χ2v) is 4.66. The van der Waals surface area contributed by atoms with Crippen LogP contribution in [0.2, 0.25) is 0 Å². The van der Waals surface area contributed by atoms with Crippen molar-refractivity contribution in [2.45, 2.75) is 12.5 Å². The minimum absolute atomic E-state index is 0.0785. The zero-order chi connectivity index (χ0) is 12.1. The lowest BCUT2D eigenvalue weighted by molar-refractivity contribution is 0.549. The highest BCUT2D eigenvalue weighted by Gasteiger charge is 2.13. The van der Waals surface area contributed by atoms with Crippen molar-refractivity contribution in [3.63, 3.8) is 0 Å². The SMILES string of the molecule is NNC(Cc1cccnc1)c1ccccc1Br. The van der Waals surface area contributed by atoms with Crippen LogP contribution in [0.15, 0.2) is 53.3 Å². The molecule has 88 valence electrons. The number of nitrogens with two attached hydrogens (primary N) is 1. The van der Waals surface area contributed by atoms with Crippen LogP contribution in [0.5, 0.6) is 0 Å². The topological polar surface area (TPSA) is 50.9 Å². The fourth-order valence-electron chi connectivity index (χ4n) is 1.77. The maximum Gasteiger partial charge on any atom is 0.0512 e. The van der Waals surface area contributed by atoms with E-state index >= 15 is 0 Å². The predicted octanol–water partition coefficient (Wildman–Crippen LogP) is 2.59. The smallest absolute Gasteiger partial charge is 0.0512 e. The molecule has 0 aliphatic carbocycles. The largest absolute Gasteiger partial charge is 0.271 e. The van der Waals surface area contributed by atoms with Crippen LogP contribution in [0, 0.1) is 0 Å². The molecule has 3 N–H and O–H groups in total. The molecule has 17 heavy (non-hydrogen) atoms. The lowest BCUT2D eigenvalue weighted by atomic mass is 10.0. The lowest BCUT2D eigenvalue weighted by Gasteiger charge is -2.17. The van der Waals surface area contributed by atoms with Crippen LogP contribution in [0.1, 0.15) is 17.2 Å². The molecular weight excluding hydrogens is 278 g/mol. The highest BCUT2D eigenvalue weighted by Crippen LogP contribution is 2.25. The Morgan fingerprint density at radius 2 is 2.06 bits per heavy atom. The van der Waals surface area contributed by atoms with Crippen LogP contribution >= 0.6 is 15.9 Å². The van der Waals surface area contributed by atoms with Gasteiger partial charge < -0.3 is 0 Å². The molecule has 1 aromatic carbocycles. The van der Waals surface area contributed by atoms with Crippen molar-refractivity contribution >= 4 is 15.9 Å². The summed E-state index contributed by atoms with van der Waals surface area (Å²) in [5, 5.41) is 0. The highest BCUT2D eigenvalue weighted by molar-refractivity contribution is 9.10. The molecule has 0 aliphatic heterocycles. The van der Waals surface area contributed by atoms with Crippen molar-refractivity contribution in [3.8, 4) is 0 Å². The predicted molar refractivity (Wildman–Crippen MR) is 72.1 cm³/mol. The Bertz CT molecular complexity index is 473. The quantitative estimate of drug-likeness (QED) is 0.672. The van der Waals surface area contributed by atoms with Crippen molar-refractivity contribution in [3.05, 3.63) is 64.4 Å². The van der Waals surface area contributed by atoms with Gasteiger partial charge in [0, 0.05) is 16.9 Å². The third kappa shape index (κ3) is 3.12. The van der Waals surface area contributed by atoms with Gasteiger partial charge in [-0.25, -0.2) is 0 Å². The maximum absolute atomic E-state index is 5.63. The van der Waals surface area contributed by atoms with Gasteiger partial charge in [0.15, 0.2) is 0 Å². The molecule has 0 radical (unpaired) electrons. The molecule has 1 unspecified atom stereocenters. The van der Waals surface area contributed by atoms with Crippen LogP contribution in [-0.4, -0.2) is 4.98 Å². The zero-order valence-electron chi connectivity index (χ0n) is 9.31. The second kappa shape index (κ2) is 5.91. The minimum atomic E-state index is 0.0785. The number of aromatic nitrogens is 1. The first-order valence-corrected chi connectivity index (χ1v) is 6.20. The van der Waals surface area contributed by atoms with E-state index in [1.54, 1.807) is 6.20 Å². The number of halogens is 1. The van der Waals surface area contributed by atoms with E-state index in [9.17, 15) is 0 Å². The average Bonchev–Trinajstić information content (AvgIpc) is 2.38. The van der Waals surface area contributed by atoms with E-state index in [1.807, 2.05) is 36.5 Å². The second-order valence-electron chi connectivity index (χ2n) is 3.81. The molecule has 1 atom stereocenters. The summed E-state index contributed by atoms with van der Waals surface area (Å²) in [6.45, 7) is 0. The monoisotopic (exact) mass is 291 g/mol. The first-order chi connectivity index (χ1) is 8.31. The van der Waals surface area contributed by atoms with Gasteiger partial charge in [-0.3, -0.25) is 16.3 Å². The summed E-state index contributed by atoms with van der Waals surface area (Å²) < 4.78 is 1.06. The minimum Gasteiger partial charge on any atom is -0.271 e. The summed E-state index contributed by atoms with van der Waals surface area (Å²) >= 11 is 3.54. The molecule has 3 nitrogen and oxygen atoms in total. The van der Waals surface area contributed by atoms with Gasteiger partial charge in [-0.2, -0.15) is 0 Å². The van der Waals surface area contributed by atoms with Gasteiger partial charge in [0.25, 0.3) is 0 Å². The molecule has 0 aliphatic rings. The van der Waals surface area contributed by atoms with Crippen LogP contribution in [0.4, 0.5) is 0 Å². The van der Waals surface area contributed by atoms with Gasteiger partial charge in [0.05, 0.1) is 6.04 Å². The standard InChI is InChI=1S/C13H14BrN3/c14-12-6-2-1-5-11(12)13(17-15)8-10-4-3-7-16-9-10/h1-7,9,13,17H,8,15H2. The van der Waals surface area contributed by atoms with Gasteiger partial charge in [-0.05, 0) is 29.7 Å². The van der Waals surface area contributed by atoms with E-state index in [0.29, 0.717) is 0 Å². The number of pyridine rings is 1. The Morgan fingerprint density at radius 3 is 2.71 bits per heavy atom. The Hall–Kier alpha value is -1.23. The van der Waals surface area contributed by atoms with Crippen molar-refractivity contribution in [1.29, 1.82) is 0 Å². The molecule has 1 heterocycles. The lowest BCUT2D eigenvalue weighted by Crippen LogP contribution is -2.29. The molecule has 2 aromatic rings. The van der Waals surface area contributed by atoms with Crippen molar-refractivity contribution in [2.75, 3.05) is 0 Å². The van der Waals surface area contributed by atoms with E-state index in [-0.39, 0.29) is 6.04 Å². The molecule has 0 bridgehead atoms. The van der Waals surface area contributed by atoms with Gasteiger partial charge in [-0.1, -0.05) is 40.2 Å². The summed E-state index contributed by atoms with van der Waals surface area (Å²) in [4.78, 5) is 4.11. The first-order valence-electron chi connectivity index (χ1n) is 5.40. The number of hydrogen-bond donors (Lipinski definition) is 2. The Labute approximate surface area is 109 Å². The number of rotatable bonds is 4. The fraction of sp³-hybridized carbons (Fsp3) is 0.154. The number of hydrogen-bond acceptors (Lipinski definition) is 3. The Kier molecular flexibility index (Phi) is 4.25. The van der Waals surface area contributed by atoms with Crippen molar-refractivity contribution < 1.29 is 0 Å². The Morgan fingerprint density at radius 1 is 1.24 bits per heavy atom. The zero-order valence-corrected chi connectivity index (χ0v) is 10.9. The summed E-state index contributed by atoms with van der Waals surface area (Å²) in [6, 6.07) is 12.1. The number of hydrazine groups is 1. The summed E-state index contributed by atoms with van der Waals surface area (Å²) in [6.07, 6.45) is 4.45. The molecule has 2 rings (SSSR count). The van der Waals surface area contributed by atoms with Gasteiger partial charge in [-0.15, -0.1) is 0 Å². The molecule has 0 amide bonds. The van der Waals surface area contributed by atoms with E-state index in [0.717, 1.165) is 22.0 Å². The number of nitrogens with zero attached hydrogens (tertiary/aromatic N) is 1. The number of benzene rings is 1. The van der Waals surface area contributed by atoms with Crippen LogP contribution in [0.3, 0.4) is 0 Å². The highest BCUT2D eigenvalue weighted by atomic mass is 79.9. The third-order valence-corrected chi connectivity index (χ3v) is 3.37. The average molecular weight is 292 g/mol. The molecule has 0 saturated carbocycles. The summed E-state index contributed by atoms with van der Waals surface area (Å²) in [5.74, 6) is 5.63. The van der Waals surface area contributed by atoms with E-state index < -0.39 is 0 Å². The van der Waals surface area contributed by atoms with Gasteiger partial charge >= 0.3 is 0 Å². The molecule has 0 saturated heterocycles. The molecule has 0 spiro atoms. The molecule has 4 heteroatoms. The number of nitrogens with one attached hydrogen (secondary N) is 1. The van der Waals surface area contributed by atoms with E-state index in [2.05, 4.69) is 32.4 Å². The molecular formula is C13H14BrN3. The van der Waals surface area contributed by atoms with E-state index in [1.165, 1.54) is 0 Å². The summed E-state index contributed by atoms with van der Waals surface area (Å²) in [5.41, 5.74) is 5.16.